The molecule has 0 atom stereocenters. The molecule has 0 spiro atoms. The highest BCUT2D eigenvalue weighted by Gasteiger charge is 2.33. The molecule has 0 N–H and O–H groups in total. The lowest BCUT2D eigenvalue weighted by Gasteiger charge is -2.11. The molecule has 30 heavy (non-hydrogen) atoms. The van der Waals surface area contributed by atoms with Crippen LogP contribution in [0.15, 0.2) is 34.3 Å². The number of alkyl halides is 3. The Morgan fingerprint density at radius 3 is 2.20 bits per heavy atom. The van der Waals surface area contributed by atoms with E-state index in [0.717, 1.165) is 24.4 Å². The Morgan fingerprint density at radius 2 is 1.63 bits per heavy atom. The Kier molecular flexibility index (Phi) is 5.39. The summed E-state index contributed by atoms with van der Waals surface area (Å²) in [6.45, 7) is 2.82. The van der Waals surface area contributed by atoms with Crippen LogP contribution in [0.4, 0.5) is 13.2 Å². The van der Waals surface area contributed by atoms with E-state index in [-0.39, 0.29) is 44.0 Å². The summed E-state index contributed by atoms with van der Waals surface area (Å²) in [6.07, 6.45) is -3.72. The fraction of sp³-hybridized carbons (Fsp3) is 0.353. The van der Waals surface area contributed by atoms with Crippen molar-refractivity contribution >= 4 is 30.7 Å². The number of halogens is 3. The summed E-state index contributed by atoms with van der Waals surface area (Å²) in [5.41, 5.74) is -1.29. The van der Waals surface area contributed by atoms with E-state index in [9.17, 15) is 30.0 Å². The molecular formula is C17H17F3N4O4S2. The fourth-order valence-corrected chi connectivity index (χ4v) is 4.59. The van der Waals surface area contributed by atoms with E-state index in [1.54, 1.807) is 0 Å². The molecule has 0 aliphatic rings. The minimum Gasteiger partial charge on any atom is -0.324 e. The highest BCUT2D eigenvalue weighted by molar-refractivity contribution is 7.91. The van der Waals surface area contributed by atoms with Crippen molar-refractivity contribution in [2.24, 2.45) is 7.05 Å². The minimum absolute atomic E-state index is 0.0831. The molecule has 0 saturated carbocycles. The first-order valence-electron chi connectivity index (χ1n) is 8.68. The van der Waals surface area contributed by atoms with Crippen LogP contribution in [0, 0.1) is 0 Å². The summed E-state index contributed by atoms with van der Waals surface area (Å²) in [5, 5.41) is -0.351. The molecule has 3 aromatic heterocycles. The zero-order valence-corrected chi connectivity index (χ0v) is 17.7. The third kappa shape index (κ3) is 3.78. The topological polar surface area (TPSA) is 112 Å². The Morgan fingerprint density at radius 1 is 1.00 bits per heavy atom. The fourth-order valence-electron chi connectivity index (χ4n) is 2.77. The average molecular weight is 462 g/mol. The smallest absolute Gasteiger partial charge is 0.324 e. The number of imidazole rings is 1. The summed E-state index contributed by atoms with van der Waals surface area (Å²) in [6, 6.07) is 2.96. The molecule has 0 bridgehead atoms. The second-order valence-corrected chi connectivity index (χ2v) is 10.8. The monoisotopic (exact) mass is 462 g/mol. The van der Waals surface area contributed by atoms with Crippen molar-refractivity contribution in [1.82, 2.24) is 19.5 Å². The van der Waals surface area contributed by atoms with E-state index in [4.69, 9.17) is 0 Å². The van der Waals surface area contributed by atoms with Gasteiger partial charge in [0, 0.05) is 7.05 Å². The lowest BCUT2D eigenvalue weighted by atomic mass is 10.3. The first kappa shape index (κ1) is 22.2. The Balaban J connectivity index is 2.36. The van der Waals surface area contributed by atoms with Gasteiger partial charge in [-0.3, -0.25) is 0 Å². The molecule has 8 nitrogen and oxygen atoms in total. The molecule has 0 fully saturated rings. The molecule has 0 aliphatic heterocycles. The SMILES string of the molecule is CCS(=O)(=O)c1ccc(S(=O)(=O)CC)c(-c2nc3cc(C(F)(F)F)ncc3n2C)n1. The van der Waals surface area contributed by atoms with Gasteiger partial charge in [-0.1, -0.05) is 13.8 Å². The first-order valence-corrected chi connectivity index (χ1v) is 12.0. The van der Waals surface area contributed by atoms with Crippen LogP contribution in [0.25, 0.3) is 22.6 Å². The largest absolute Gasteiger partial charge is 0.433 e. The maximum Gasteiger partial charge on any atom is 0.433 e. The van der Waals surface area contributed by atoms with Crippen LogP contribution in [0.3, 0.4) is 0 Å². The summed E-state index contributed by atoms with van der Waals surface area (Å²) >= 11 is 0. The zero-order valence-electron chi connectivity index (χ0n) is 16.1. The van der Waals surface area contributed by atoms with Crippen LogP contribution in [0.5, 0.6) is 0 Å². The molecule has 3 heterocycles. The van der Waals surface area contributed by atoms with Gasteiger partial charge in [0.25, 0.3) is 0 Å². The van der Waals surface area contributed by atoms with Crippen LogP contribution >= 0.6 is 0 Å². The van der Waals surface area contributed by atoms with Crippen LogP contribution in [0.2, 0.25) is 0 Å². The van der Waals surface area contributed by atoms with Crippen LogP contribution in [0.1, 0.15) is 19.5 Å². The molecule has 3 aromatic rings. The van der Waals surface area contributed by atoms with Gasteiger partial charge in [-0.2, -0.15) is 13.2 Å². The predicted molar refractivity (Wildman–Crippen MR) is 102 cm³/mol. The molecule has 3 rings (SSSR count). The number of sulfone groups is 2. The molecule has 0 aliphatic carbocycles. The average Bonchev–Trinajstić information content (AvgIpc) is 3.02. The minimum atomic E-state index is -4.68. The third-order valence-electron chi connectivity index (χ3n) is 4.52. The van der Waals surface area contributed by atoms with E-state index in [1.807, 2.05) is 0 Å². The third-order valence-corrected chi connectivity index (χ3v) is 7.90. The van der Waals surface area contributed by atoms with Crippen molar-refractivity contribution in [2.75, 3.05) is 11.5 Å². The van der Waals surface area contributed by atoms with Gasteiger partial charge in [-0.15, -0.1) is 0 Å². The van der Waals surface area contributed by atoms with Crippen LogP contribution in [-0.4, -0.2) is 47.9 Å². The maximum atomic E-state index is 13.0. The highest BCUT2D eigenvalue weighted by atomic mass is 32.2. The van der Waals surface area contributed by atoms with E-state index in [1.165, 1.54) is 25.5 Å². The summed E-state index contributed by atoms with van der Waals surface area (Å²) in [4.78, 5) is 11.3. The summed E-state index contributed by atoms with van der Waals surface area (Å²) in [5.74, 6) is -0.641. The van der Waals surface area contributed by atoms with Crippen molar-refractivity contribution in [3.63, 3.8) is 0 Å². The number of nitrogens with zero attached hydrogens (tertiary/aromatic N) is 4. The number of hydrogen-bond donors (Lipinski definition) is 0. The number of pyridine rings is 2. The molecule has 162 valence electrons. The molecule has 13 heteroatoms. The van der Waals surface area contributed by atoms with E-state index >= 15 is 0 Å². The van der Waals surface area contributed by atoms with Crippen LogP contribution in [-0.2, 0) is 32.9 Å². The van der Waals surface area contributed by atoms with Crippen molar-refractivity contribution in [3.8, 4) is 11.5 Å². The second-order valence-electron chi connectivity index (χ2n) is 6.35. The van der Waals surface area contributed by atoms with Gasteiger partial charge in [0.1, 0.15) is 11.4 Å². The quantitative estimate of drug-likeness (QED) is 0.573. The molecule has 0 radical (unpaired) electrons. The standard InChI is InChI=1S/C17H17F3N4O4S2/c1-4-29(25,26)12-6-7-14(30(27,28)5-2)23-15(12)16-22-10-8-13(17(18,19)20)21-9-11(10)24(16)3/h6-9H,4-5H2,1-3H3. The Bertz CT molecular complexity index is 1350. The molecular weight excluding hydrogens is 445 g/mol. The number of fused-ring (bicyclic) bond motifs is 1. The molecule has 0 saturated heterocycles. The van der Waals surface area contributed by atoms with Gasteiger partial charge < -0.3 is 4.57 Å². The molecule has 0 unspecified atom stereocenters. The van der Waals surface area contributed by atoms with E-state index in [0.29, 0.717) is 0 Å². The normalized spacial score (nSPS) is 13.1. The van der Waals surface area contributed by atoms with Gasteiger partial charge in [0.15, 0.2) is 30.5 Å². The Hall–Kier alpha value is -2.54. The molecule has 0 amide bonds. The van der Waals surface area contributed by atoms with Gasteiger partial charge in [-0.05, 0) is 18.2 Å². The summed E-state index contributed by atoms with van der Waals surface area (Å²) in [7, 11) is -6.16. The van der Waals surface area contributed by atoms with E-state index in [2.05, 4.69) is 15.0 Å². The maximum absolute atomic E-state index is 13.0. The van der Waals surface area contributed by atoms with E-state index < -0.39 is 31.5 Å². The number of hydrogen-bond acceptors (Lipinski definition) is 7. The molecule has 0 aromatic carbocycles. The first-order chi connectivity index (χ1) is 13.8. The predicted octanol–water partition coefficient (Wildman–Crippen LogP) is 2.64. The zero-order chi connectivity index (χ0) is 22.5. The Labute approximate surface area is 170 Å². The lowest BCUT2D eigenvalue weighted by molar-refractivity contribution is -0.141. The summed E-state index contributed by atoms with van der Waals surface area (Å²) < 4.78 is 89.9. The van der Waals surface area contributed by atoms with Crippen molar-refractivity contribution in [2.45, 2.75) is 29.9 Å². The van der Waals surface area contributed by atoms with Gasteiger partial charge in [-0.25, -0.2) is 31.8 Å². The number of aromatic nitrogens is 4. The number of aryl methyl sites for hydroxylation is 1. The second kappa shape index (κ2) is 7.30. The van der Waals surface area contributed by atoms with Crippen molar-refractivity contribution in [1.29, 1.82) is 0 Å². The van der Waals surface area contributed by atoms with Crippen molar-refractivity contribution in [3.05, 3.63) is 30.1 Å². The van der Waals surface area contributed by atoms with Gasteiger partial charge in [0.05, 0.1) is 33.6 Å². The van der Waals surface area contributed by atoms with Crippen LogP contribution < -0.4 is 0 Å². The van der Waals surface area contributed by atoms with Gasteiger partial charge in [0.2, 0.25) is 0 Å². The number of rotatable bonds is 5. The van der Waals surface area contributed by atoms with Crippen molar-refractivity contribution < 1.29 is 30.0 Å². The van der Waals surface area contributed by atoms with Gasteiger partial charge >= 0.3 is 6.18 Å². The lowest BCUT2D eigenvalue weighted by Crippen LogP contribution is -2.12. The highest BCUT2D eigenvalue weighted by Crippen LogP contribution is 2.32.